The van der Waals surface area contributed by atoms with Crippen LogP contribution >= 0.6 is 0 Å². The predicted molar refractivity (Wildman–Crippen MR) is 119 cm³/mol. The SMILES string of the molecule is Cc1cc(/C=C(/C#N)C(=O)NCCc2ccccc2)c(C)n1-c1ccc(C(=O)O)cc1. The van der Waals surface area contributed by atoms with Gasteiger partial charge in [0.1, 0.15) is 11.6 Å². The average Bonchev–Trinajstić information content (AvgIpc) is 3.05. The summed E-state index contributed by atoms with van der Waals surface area (Å²) in [4.78, 5) is 23.6. The van der Waals surface area contributed by atoms with Crippen molar-refractivity contribution in [1.82, 2.24) is 9.88 Å². The van der Waals surface area contributed by atoms with Crippen molar-refractivity contribution in [3.63, 3.8) is 0 Å². The minimum atomic E-state index is -0.979. The number of nitrogens with one attached hydrogen (secondary N) is 1. The second-order valence-electron chi connectivity index (χ2n) is 7.18. The number of carbonyl (C=O) groups is 2. The molecule has 0 spiro atoms. The molecule has 2 aromatic carbocycles. The quantitative estimate of drug-likeness (QED) is 0.451. The lowest BCUT2D eigenvalue weighted by Gasteiger charge is -2.10. The topological polar surface area (TPSA) is 95.1 Å². The Morgan fingerprint density at radius 3 is 2.39 bits per heavy atom. The zero-order chi connectivity index (χ0) is 22.4. The van der Waals surface area contributed by atoms with Crippen molar-refractivity contribution < 1.29 is 14.7 Å². The van der Waals surface area contributed by atoms with Gasteiger partial charge in [-0.1, -0.05) is 30.3 Å². The number of hydrogen-bond donors (Lipinski definition) is 2. The van der Waals surface area contributed by atoms with Crippen molar-refractivity contribution in [3.05, 3.63) is 94.3 Å². The van der Waals surface area contributed by atoms with Gasteiger partial charge in [-0.05, 0) is 67.8 Å². The van der Waals surface area contributed by atoms with Gasteiger partial charge >= 0.3 is 5.97 Å². The number of amides is 1. The summed E-state index contributed by atoms with van der Waals surface area (Å²) in [6, 6.07) is 20.3. The molecule has 31 heavy (non-hydrogen) atoms. The number of nitrogens with zero attached hydrogens (tertiary/aromatic N) is 2. The van der Waals surface area contributed by atoms with Gasteiger partial charge in [-0.25, -0.2) is 4.79 Å². The van der Waals surface area contributed by atoms with E-state index in [0.717, 1.165) is 28.2 Å². The summed E-state index contributed by atoms with van der Waals surface area (Å²) in [6.45, 7) is 4.25. The molecular formula is C25H23N3O3. The number of aryl methyl sites for hydroxylation is 1. The number of carboxylic acid groups (broad SMARTS) is 1. The van der Waals surface area contributed by atoms with Crippen LogP contribution in [0.1, 0.15) is 32.9 Å². The molecule has 0 aliphatic carbocycles. The molecule has 0 unspecified atom stereocenters. The third-order valence-corrected chi connectivity index (χ3v) is 5.05. The molecule has 0 aliphatic rings. The number of rotatable bonds is 7. The van der Waals surface area contributed by atoms with Crippen LogP contribution in [-0.4, -0.2) is 28.1 Å². The highest BCUT2D eigenvalue weighted by Crippen LogP contribution is 2.23. The first kappa shape index (κ1) is 21.6. The van der Waals surface area contributed by atoms with Gasteiger partial charge in [-0.15, -0.1) is 0 Å². The zero-order valence-corrected chi connectivity index (χ0v) is 17.4. The lowest BCUT2D eigenvalue weighted by molar-refractivity contribution is -0.117. The van der Waals surface area contributed by atoms with E-state index in [4.69, 9.17) is 5.11 Å². The fraction of sp³-hybridized carbons (Fsp3) is 0.160. The van der Waals surface area contributed by atoms with Crippen LogP contribution in [0.15, 0.2) is 66.2 Å². The number of aromatic carboxylic acids is 1. The van der Waals surface area contributed by atoms with E-state index in [1.165, 1.54) is 0 Å². The fourth-order valence-corrected chi connectivity index (χ4v) is 3.45. The number of carbonyl (C=O) groups excluding carboxylic acids is 1. The minimum Gasteiger partial charge on any atom is -0.478 e. The number of carboxylic acids is 1. The molecule has 0 saturated carbocycles. The standard InChI is InChI=1S/C25H23N3O3/c1-17-14-21(18(2)28(17)23-10-8-20(9-11-23)25(30)31)15-22(16-26)24(29)27-13-12-19-6-4-3-5-7-19/h3-11,14-15H,12-13H2,1-2H3,(H,27,29)(H,30,31)/b22-15-. The van der Waals surface area contributed by atoms with Crippen molar-refractivity contribution >= 4 is 18.0 Å². The largest absolute Gasteiger partial charge is 0.478 e. The fourth-order valence-electron chi connectivity index (χ4n) is 3.45. The van der Waals surface area contributed by atoms with E-state index < -0.39 is 11.9 Å². The lowest BCUT2D eigenvalue weighted by atomic mass is 10.1. The molecule has 3 rings (SSSR count). The van der Waals surface area contributed by atoms with Gasteiger partial charge in [0.25, 0.3) is 5.91 Å². The van der Waals surface area contributed by atoms with E-state index in [1.54, 1.807) is 30.3 Å². The molecule has 6 nitrogen and oxygen atoms in total. The molecule has 156 valence electrons. The van der Waals surface area contributed by atoms with Crippen LogP contribution < -0.4 is 5.32 Å². The molecule has 0 radical (unpaired) electrons. The van der Waals surface area contributed by atoms with E-state index in [0.29, 0.717) is 13.0 Å². The highest BCUT2D eigenvalue weighted by atomic mass is 16.4. The summed E-state index contributed by atoms with van der Waals surface area (Å²) in [5.41, 5.74) is 4.70. The molecule has 1 heterocycles. The summed E-state index contributed by atoms with van der Waals surface area (Å²) >= 11 is 0. The van der Waals surface area contributed by atoms with E-state index in [9.17, 15) is 14.9 Å². The summed E-state index contributed by atoms with van der Waals surface area (Å²) in [5.74, 6) is -1.39. The van der Waals surface area contributed by atoms with Gasteiger partial charge in [0.05, 0.1) is 5.56 Å². The predicted octanol–water partition coefficient (Wildman–Crippen LogP) is 4.06. The first-order chi connectivity index (χ1) is 14.9. The van der Waals surface area contributed by atoms with Crippen LogP contribution in [0.5, 0.6) is 0 Å². The molecule has 0 saturated heterocycles. The van der Waals surface area contributed by atoms with Crippen LogP contribution in [0.25, 0.3) is 11.8 Å². The molecule has 0 bridgehead atoms. The van der Waals surface area contributed by atoms with Crippen LogP contribution in [0, 0.1) is 25.2 Å². The first-order valence-corrected chi connectivity index (χ1v) is 9.87. The molecule has 0 aliphatic heterocycles. The Morgan fingerprint density at radius 1 is 1.10 bits per heavy atom. The van der Waals surface area contributed by atoms with Crippen LogP contribution in [0.3, 0.4) is 0 Å². The smallest absolute Gasteiger partial charge is 0.335 e. The summed E-state index contributed by atoms with van der Waals surface area (Å²) in [5, 5.41) is 21.4. The molecular weight excluding hydrogens is 390 g/mol. The summed E-state index contributed by atoms with van der Waals surface area (Å²) in [7, 11) is 0. The van der Waals surface area contributed by atoms with Crippen molar-refractivity contribution in [2.45, 2.75) is 20.3 Å². The number of aromatic nitrogens is 1. The van der Waals surface area contributed by atoms with E-state index in [1.807, 2.05) is 60.9 Å². The first-order valence-electron chi connectivity index (χ1n) is 9.87. The Balaban J connectivity index is 1.78. The Hall–Kier alpha value is -4.11. The van der Waals surface area contributed by atoms with Crippen molar-refractivity contribution in [2.75, 3.05) is 6.54 Å². The Labute approximate surface area is 181 Å². The Morgan fingerprint density at radius 2 is 1.77 bits per heavy atom. The van der Waals surface area contributed by atoms with Gasteiger partial charge in [0.2, 0.25) is 0 Å². The Kier molecular flexibility index (Phi) is 6.68. The third-order valence-electron chi connectivity index (χ3n) is 5.05. The maximum absolute atomic E-state index is 12.5. The van der Waals surface area contributed by atoms with E-state index in [2.05, 4.69) is 5.32 Å². The van der Waals surface area contributed by atoms with Gasteiger partial charge in [0.15, 0.2) is 0 Å². The van der Waals surface area contributed by atoms with Crippen molar-refractivity contribution in [1.29, 1.82) is 5.26 Å². The van der Waals surface area contributed by atoms with Gasteiger partial charge in [-0.2, -0.15) is 5.26 Å². The third kappa shape index (κ3) is 5.09. The van der Waals surface area contributed by atoms with E-state index in [-0.39, 0.29) is 11.1 Å². The molecule has 0 fully saturated rings. The monoisotopic (exact) mass is 413 g/mol. The number of nitriles is 1. The van der Waals surface area contributed by atoms with Crippen molar-refractivity contribution in [3.8, 4) is 11.8 Å². The number of hydrogen-bond acceptors (Lipinski definition) is 3. The second-order valence-corrected chi connectivity index (χ2v) is 7.18. The molecule has 1 aromatic heterocycles. The maximum atomic E-state index is 12.5. The van der Waals surface area contributed by atoms with Gasteiger partial charge in [-0.3, -0.25) is 4.79 Å². The van der Waals surface area contributed by atoms with Crippen LogP contribution in [0.4, 0.5) is 0 Å². The second kappa shape index (κ2) is 9.59. The summed E-state index contributed by atoms with van der Waals surface area (Å²) in [6.07, 6.45) is 2.27. The minimum absolute atomic E-state index is 0.0366. The van der Waals surface area contributed by atoms with E-state index >= 15 is 0 Å². The van der Waals surface area contributed by atoms with Gasteiger partial charge in [0, 0.05) is 23.6 Å². The highest BCUT2D eigenvalue weighted by molar-refractivity contribution is 6.01. The van der Waals surface area contributed by atoms with Crippen LogP contribution in [0.2, 0.25) is 0 Å². The molecule has 2 N–H and O–H groups in total. The molecule has 3 aromatic rings. The summed E-state index contributed by atoms with van der Waals surface area (Å²) < 4.78 is 1.96. The maximum Gasteiger partial charge on any atom is 0.335 e. The molecule has 0 atom stereocenters. The van der Waals surface area contributed by atoms with Gasteiger partial charge < -0.3 is 15.0 Å². The number of benzene rings is 2. The highest BCUT2D eigenvalue weighted by Gasteiger charge is 2.14. The zero-order valence-electron chi connectivity index (χ0n) is 17.4. The average molecular weight is 413 g/mol. The molecule has 1 amide bonds. The Bertz CT molecular complexity index is 1170. The lowest BCUT2D eigenvalue weighted by Crippen LogP contribution is -2.26. The normalized spacial score (nSPS) is 11.1. The van der Waals surface area contributed by atoms with Crippen molar-refractivity contribution in [2.24, 2.45) is 0 Å². The van der Waals surface area contributed by atoms with Crippen LogP contribution in [-0.2, 0) is 11.2 Å². The molecule has 6 heteroatoms.